The molecule has 0 bridgehead atoms. The summed E-state index contributed by atoms with van der Waals surface area (Å²) in [6, 6.07) is 2.43. The number of hydrogen-bond acceptors (Lipinski definition) is 2. The largest absolute Gasteiger partial charge is 0.481 e. The standard InChI is InChI=1S/C12H15BrFNO2/c1-3-6(2)10(12(16)17)8-4-7(14)5-9(13)11(8)15/h4-6,10H,3,15H2,1-2H3,(H,16,17). The first-order valence-corrected chi connectivity index (χ1v) is 6.15. The Morgan fingerprint density at radius 3 is 2.65 bits per heavy atom. The molecule has 0 saturated heterocycles. The second-order valence-electron chi connectivity index (χ2n) is 4.09. The van der Waals surface area contributed by atoms with Crippen LogP contribution in [0.1, 0.15) is 31.7 Å². The van der Waals surface area contributed by atoms with E-state index in [9.17, 15) is 14.3 Å². The first-order valence-electron chi connectivity index (χ1n) is 5.35. The quantitative estimate of drug-likeness (QED) is 0.838. The maximum absolute atomic E-state index is 13.3. The molecular formula is C12H15BrFNO2. The molecule has 0 heterocycles. The van der Waals surface area contributed by atoms with Crippen LogP contribution in [0.15, 0.2) is 16.6 Å². The van der Waals surface area contributed by atoms with Crippen LogP contribution in [0.2, 0.25) is 0 Å². The van der Waals surface area contributed by atoms with Crippen LogP contribution in [0.4, 0.5) is 10.1 Å². The highest BCUT2D eigenvalue weighted by molar-refractivity contribution is 9.10. The van der Waals surface area contributed by atoms with E-state index in [4.69, 9.17) is 5.73 Å². The van der Waals surface area contributed by atoms with Crippen LogP contribution in [0.3, 0.4) is 0 Å². The average molecular weight is 304 g/mol. The van der Waals surface area contributed by atoms with Crippen LogP contribution in [0.25, 0.3) is 0 Å². The summed E-state index contributed by atoms with van der Waals surface area (Å²) in [6.07, 6.45) is 0.685. The molecule has 1 aromatic carbocycles. The van der Waals surface area contributed by atoms with Crippen molar-refractivity contribution in [2.24, 2.45) is 5.92 Å². The summed E-state index contributed by atoms with van der Waals surface area (Å²) >= 11 is 3.13. The maximum atomic E-state index is 13.3. The monoisotopic (exact) mass is 303 g/mol. The summed E-state index contributed by atoms with van der Waals surface area (Å²) in [4.78, 5) is 11.3. The van der Waals surface area contributed by atoms with Crippen molar-refractivity contribution in [1.29, 1.82) is 0 Å². The topological polar surface area (TPSA) is 63.3 Å². The molecule has 0 amide bonds. The fraction of sp³-hybridized carbons (Fsp3) is 0.417. The summed E-state index contributed by atoms with van der Waals surface area (Å²) in [7, 11) is 0. The number of nitrogen functional groups attached to an aromatic ring is 1. The predicted molar refractivity (Wildman–Crippen MR) is 68.3 cm³/mol. The average Bonchev–Trinajstić information content (AvgIpc) is 2.24. The Hall–Kier alpha value is -1.10. The highest BCUT2D eigenvalue weighted by Crippen LogP contribution is 2.35. The number of carbonyl (C=O) groups is 1. The van der Waals surface area contributed by atoms with Gasteiger partial charge in [-0.05, 0) is 39.5 Å². The van der Waals surface area contributed by atoms with Crippen molar-refractivity contribution in [3.05, 3.63) is 28.0 Å². The number of halogens is 2. The lowest BCUT2D eigenvalue weighted by Gasteiger charge is -2.21. The molecule has 0 fully saturated rings. The lowest BCUT2D eigenvalue weighted by molar-refractivity contribution is -0.140. The minimum absolute atomic E-state index is 0.108. The number of nitrogens with two attached hydrogens (primary N) is 1. The van der Waals surface area contributed by atoms with Gasteiger partial charge < -0.3 is 10.8 Å². The molecule has 0 aliphatic heterocycles. The van der Waals surface area contributed by atoms with Gasteiger partial charge in [-0.15, -0.1) is 0 Å². The van der Waals surface area contributed by atoms with Gasteiger partial charge in [0.15, 0.2) is 0 Å². The molecule has 2 atom stereocenters. The smallest absolute Gasteiger partial charge is 0.311 e. The van der Waals surface area contributed by atoms with Gasteiger partial charge in [0, 0.05) is 4.47 Å². The van der Waals surface area contributed by atoms with Crippen molar-refractivity contribution < 1.29 is 14.3 Å². The summed E-state index contributed by atoms with van der Waals surface area (Å²) in [5.74, 6) is -2.37. The van der Waals surface area contributed by atoms with E-state index in [-0.39, 0.29) is 5.92 Å². The van der Waals surface area contributed by atoms with Crippen molar-refractivity contribution >= 4 is 27.6 Å². The van der Waals surface area contributed by atoms with E-state index in [1.807, 2.05) is 13.8 Å². The highest BCUT2D eigenvalue weighted by atomic mass is 79.9. The van der Waals surface area contributed by atoms with Crippen LogP contribution in [0.5, 0.6) is 0 Å². The van der Waals surface area contributed by atoms with Crippen LogP contribution >= 0.6 is 15.9 Å². The maximum Gasteiger partial charge on any atom is 0.311 e. The minimum Gasteiger partial charge on any atom is -0.481 e. The number of aliphatic carboxylic acids is 1. The first-order chi connectivity index (χ1) is 7.88. The molecule has 0 saturated carbocycles. The molecule has 2 unspecified atom stereocenters. The molecule has 17 heavy (non-hydrogen) atoms. The Morgan fingerprint density at radius 1 is 1.59 bits per heavy atom. The van der Waals surface area contributed by atoms with Gasteiger partial charge in [0.05, 0.1) is 11.6 Å². The van der Waals surface area contributed by atoms with Crippen LogP contribution in [-0.4, -0.2) is 11.1 Å². The zero-order valence-corrected chi connectivity index (χ0v) is 11.3. The molecule has 1 aromatic rings. The molecule has 0 spiro atoms. The zero-order valence-electron chi connectivity index (χ0n) is 9.71. The molecule has 0 aromatic heterocycles. The summed E-state index contributed by atoms with van der Waals surface area (Å²) < 4.78 is 13.7. The number of anilines is 1. The molecule has 0 aliphatic carbocycles. The Morgan fingerprint density at radius 2 is 2.18 bits per heavy atom. The zero-order chi connectivity index (χ0) is 13.2. The molecule has 0 aliphatic rings. The van der Waals surface area contributed by atoms with E-state index >= 15 is 0 Å². The van der Waals surface area contributed by atoms with E-state index < -0.39 is 17.7 Å². The van der Waals surface area contributed by atoms with E-state index in [1.54, 1.807) is 0 Å². The van der Waals surface area contributed by atoms with E-state index in [2.05, 4.69) is 15.9 Å². The van der Waals surface area contributed by atoms with Crippen molar-refractivity contribution in [2.75, 3.05) is 5.73 Å². The van der Waals surface area contributed by atoms with Crippen LogP contribution in [-0.2, 0) is 4.79 Å². The number of carboxylic acids is 1. The third kappa shape index (κ3) is 2.97. The Labute approximate surface area is 108 Å². The molecular weight excluding hydrogens is 289 g/mol. The van der Waals surface area contributed by atoms with Crippen molar-refractivity contribution in [1.82, 2.24) is 0 Å². The Bertz CT molecular complexity index is 437. The predicted octanol–water partition coefficient (Wildman–Crippen LogP) is 3.38. The van der Waals surface area contributed by atoms with Gasteiger partial charge in [-0.25, -0.2) is 4.39 Å². The van der Waals surface area contributed by atoms with Gasteiger partial charge in [-0.3, -0.25) is 4.79 Å². The lowest BCUT2D eigenvalue weighted by atomic mass is 9.85. The van der Waals surface area contributed by atoms with Crippen molar-refractivity contribution in [3.63, 3.8) is 0 Å². The second kappa shape index (κ2) is 5.49. The van der Waals surface area contributed by atoms with Gasteiger partial charge in [-0.1, -0.05) is 20.3 Å². The van der Waals surface area contributed by atoms with Crippen LogP contribution < -0.4 is 5.73 Å². The first kappa shape index (κ1) is 14.0. The Balaban J connectivity index is 3.32. The van der Waals surface area contributed by atoms with Crippen molar-refractivity contribution in [3.8, 4) is 0 Å². The molecule has 3 nitrogen and oxygen atoms in total. The van der Waals surface area contributed by atoms with Gasteiger partial charge in [0.1, 0.15) is 5.82 Å². The highest BCUT2D eigenvalue weighted by Gasteiger charge is 2.28. The van der Waals surface area contributed by atoms with Gasteiger partial charge in [0.25, 0.3) is 0 Å². The van der Waals surface area contributed by atoms with E-state index in [1.165, 1.54) is 12.1 Å². The molecule has 94 valence electrons. The van der Waals surface area contributed by atoms with Crippen LogP contribution in [0, 0.1) is 11.7 Å². The third-order valence-corrected chi connectivity index (χ3v) is 3.60. The van der Waals surface area contributed by atoms with Gasteiger partial charge >= 0.3 is 5.97 Å². The fourth-order valence-electron chi connectivity index (χ4n) is 1.78. The van der Waals surface area contributed by atoms with E-state index in [0.29, 0.717) is 22.1 Å². The van der Waals surface area contributed by atoms with Gasteiger partial charge in [-0.2, -0.15) is 0 Å². The number of hydrogen-bond donors (Lipinski definition) is 2. The summed E-state index contributed by atoms with van der Waals surface area (Å²) in [5.41, 5.74) is 6.43. The number of rotatable bonds is 4. The minimum atomic E-state index is -0.983. The molecule has 5 heteroatoms. The molecule has 3 N–H and O–H groups in total. The summed E-state index contributed by atoms with van der Waals surface area (Å²) in [6.45, 7) is 3.71. The lowest BCUT2D eigenvalue weighted by Crippen LogP contribution is -2.20. The molecule has 1 rings (SSSR count). The Kier molecular flexibility index (Phi) is 4.51. The second-order valence-corrected chi connectivity index (χ2v) is 4.95. The van der Waals surface area contributed by atoms with E-state index in [0.717, 1.165) is 0 Å². The molecule has 0 radical (unpaired) electrons. The summed E-state index contributed by atoms with van der Waals surface area (Å²) in [5, 5.41) is 9.24. The third-order valence-electron chi connectivity index (χ3n) is 2.94. The normalized spacial score (nSPS) is 14.4. The number of carboxylic acid groups (broad SMARTS) is 1. The number of benzene rings is 1. The van der Waals surface area contributed by atoms with Gasteiger partial charge in [0.2, 0.25) is 0 Å². The SMILES string of the molecule is CCC(C)C(C(=O)O)c1cc(F)cc(Br)c1N. The fourth-order valence-corrected chi connectivity index (χ4v) is 2.23. The van der Waals surface area contributed by atoms with Crippen molar-refractivity contribution in [2.45, 2.75) is 26.2 Å².